The first-order valence-electron chi connectivity index (χ1n) is 7.20. The van der Waals surface area contributed by atoms with Gasteiger partial charge >= 0.3 is 0 Å². The van der Waals surface area contributed by atoms with Crippen molar-refractivity contribution in [1.29, 1.82) is 0 Å². The highest BCUT2D eigenvalue weighted by Gasteiger charge is 2.32. The standard InChI is InChI=1S/C14H26N4O/c1-5-15-9-13-14(17(4)6-7-19-13)12-8-16-18(10-12)11(2)3/h8,10-11,13-15H,5-7,9H2,1-4H3. The van der Waals surface area contributed by atoms with E-state index < -0.39 is 0 Å². The lowest BCUT2D eigenvalue weighted by atomic mass is 10.0. The molecular formula is C14H26N4O. The lowest BCUT2D eigenvalue weighted by Gasteiger charge is -2.38. The molecule has 2 rings (SSSR count). The van der Waals surface area contributed by atoms with E-state index in [0.717, 1.165) is 26.2 Å². The van der Waals surface area contributed by atoms with Gasteiger partial charge in [0.05, 0.1) is 24.9 Å². The van der Waals surface area contributed by atoms with Crippen LogP contribution in [0.3, 0.4) is 0 Å². The van der Waals surface area contributed by atoms with E-state index in [4.69, 9.17) is 4.74 Å². The second-order valence-electron chi connectivity index (χ2n) is 5.49. The van der Waals surface area contributed by atoms with Gasteiger partial charge in [-0.1, -0.05) is 6.92 Å². The molecule has 108 valence electrons. The number of likely N-dealkylation sites (N-methyl/N-ethyl adjacent to an activating group) is 2. The van der Waals surface area contributed by atoms with Crippen LogP contribution in [0.25, 0.3) is 0 Å². The van der Waals surface area contributed by atoms with Crippen LogP contribution in [-0.4, -0.2) is 54.1 Å². The SMILES string of the molecule is CCNCC1OCCN(C)C1c1cnn(C(C)C)c1. The Morgan fingerprint density at radius 1 is 1.53 bits per heavy atom. The molecule has 1 aromatic heterocycles. The molecule has 0 aliphatic carbocycles. The number of hydrogen-bond acceptors (Lipinski definition) is 4. The van der Waals surface area contributed by atoms with E-state index in [9.17, 15) is 0 Å². The predicted octanol–water partition coefficient (Wildman–Crippen LogP) is 1.45. The molecule has 0 aromatic carbocycles. The number of nitrogens with zero attached hydrogens (tertiary/aromatic N) is 3. The van der Waals surface area contributed by atoms with Gasteiger partial charge in [-0.3, -0.25) is 9.58 Å². The second-order valence-corrected chi connectivity index (χ2v) is 5.49. The Bertz CT molecular complexity index is 391. The summed E-state index contributed by atoms with van der Waals surface area (Å²) < 4.78 is 7.96. The summed E-state index contributed by atoms with van der Waals surface area (Å²) in [6, 6.07) is 0.691. The van der Waals surface area contributed by atoms with E-state index in [-0.39, 0.29) is 6.10 Å². The number of rotatable bonds is 5. The zero-order valence-corrected chi connectivity index (χ0v) is 12.5. The number of ether oxygens (including phenoxy) is 1. The van der Waals surface area contributed by atoms with Crippen molar-refractivity contribution in [3.8, 4) is 0 Å². The van der Waals surface area contributed by atoms with Gasteiger partial charge in [0.1, 0.15) is 0 Å². The maximum Gasteiger partial charge on any atom is 0.0897 e. The molecule has 5 heteroatoms. The zero-order chi connectivity index (χ0) is 13.8. The first-order valence-corrected chi connectivity index (χ1v) is 7.20. The smallest absolute Gasteiger partial charge is 0.0897 e. The monoisotopic (exact) mass is 266 g/mol. The third kappa shape index (κ3) is 3.35. The van der Waals surface area contributed by atoms with Crippen molar-refractivity contribution < 1.29 is 4.74 Å². The van der Waals surface area contributed by atoms with Crippen LogP contribution in [0.15, 0.2) is 12.4 Å². The van der Waals surface area contributed by atoms with Gasteiger partial charge in [-0.2, -0.15) is 5.10 Å². The van der Waals surface area contributed by atoms with Gasteiger partial charge in [0.2, 0.25) is 0 Å². The minimum Gasteiger partial charge on any atom is -0.374 e. The van der Waals surface area contributed by atoms with Crippen LogP contribution >= 0.6 is 0 Å². The third-order valence-electron chi connectivity index (χ3n) is 3.69. The largest absolute Gasteiger partial charge is 0.374 e. The molecule has 1 aliphatic heterocycles. The highest BCUT2D eigenvalue weighted by Crippen LogP contribution is 2.28. The van der Waals surface area contributed by atoms with Crippen LogP contribution < -0.4 is 5.32 Å². The fourth-order valence-electron chi connectivity index (χ4n) is 2.58. The van der Waals surface area contributed by atoms with Crippen LogP contribution in [0.5, 0.6) is 0 Å². The average Bonchev–Trinajstić information content (AvgIpc) is 2.85. The van der Waals surface area contributed by atoms with Crippen LogP contribution in [0.4, 0.5) is 0 Å². The summed E-state index contributed by atoms with van der Waals surface area (Å²) in [5.74, 6) is 0. The van der Waals surface area contributed by atoms with Crippen molar-refractivity contribution in [3.63, 3.8) is 0 Å². The van der Waals surface area contributed by atoms with Gasteiger partial charge < -0.3 is 10.1 Å². The molecule has 1 fully saturated rings. The lowest BCUT2D eigenvalue weighted by molar-refractivity contribution is -0.0612. The molecule has 0 bridgehead atoms. The van der Waals surface area contributed by atoms with Crippen molar-refractivity contribution in [2.24, 2.45) is 0 Å². The molecular weight excluding hydrogens is 240 g/mol. The van der Waals surface area contributed by atoms with Crippen molar-refractivity contribution in [3.05, 3.63) is 18.0 Å². The van der Waals surface area contributed by atoms with E-state index >= 15 is 0 Å². The topological polar surface area (TPSA) is 42.3 Å². The van der Waals surface area contributed by atoms with Crippen molar-refractivity contribution in [2.75, 3.05) is 33.3 Å². The molecule has 0 spiro atoms. The molecule has 0 radical (unpaired) electrons. The van der Waals surface area contributed by atoms with Gasteiger partial charge in [0.15, 0.2) is 0 Å². The van der Waals surface area contributed by atoms with Gasteiger partial charge in [-0.15, -0.1) is 0 Å². The first kappa shape index (κ1) is 14.5. The number of aromatic nitrogens is 2. The minimum atomic E-state index is 0.198. The number of morpholine rings is 1. The van der Waals surface area contributed by atoms with E-state index in [1.54, 1.807) is 0 Å². The Hall–Kier alpha value is -0.910. The van der Waals surface area contributed by atoms with E-state index in [1.807, 2.05) is 10.9 Å². The van der Waals surface area contributed by atoms with Crippen LogP contribution in [0.1, 0.15) is 38.4 Å². The molecule has 0 saturated carbocycles. The summed E-state index contributed by atoms with van der Waals surface area (Å²) >= 11 is 0. The Labute approximate surface area is 115 Å². The van der Waals surface area contributed by atoms with E-state index in [1.165, 1.54) is 5.56 Å². The average molecular weight is 266 g/mol. The molecule has 1 saturated heterocycles. The first-order chi connectivity index (χ1) is 9.13. The van der Waals surface area contributed by atoms with Gasteiger partial charge in [0, 0.05) is 30.9 Å². The molecule has 2 heterocycles. The van der Waals surface area contributed by atoms with Crippen LogP contribution in [0.2, 0.25) is 0 Å². The van der Waals surface area contributed by atoms with Crippen LogP contribution in [-0.2, 0) is 4.74 Å². The second kappa shape index (κ2) is 6.50. The maximum absolute atomic E-state index is 5.95. The summed E-state index contributed by atoms with van der Waals surface area (Å²) in [7, 11) is 2.17. The summed E-state index contributed by atoms with van der Waals surface area (Å²) in [6.07, 6.45) is 4.33. The molecule has 1 aliphatic rings. The zero-order valence-electron chi connectivity index (χ0n) is 12.5. The van der Waals surface area contributed by atoms with Crippen LogP contribution in [0, 0.1) is 0 Å². The Kier molecular flexibility index (Phi) is 4.96. The molecule has 0 amide bonds. The van der Waals surface area contributed by atoms with Gasteiger partial charge in [0.25, 0.3) is 0 Å². The number of hydrogen-bond donors (Lipinski definition) is 1. The molecule has 1 aromatic rings. The summed E-state index contributed by atoms with van der Waals surface area (Å²) in [5.41, 5.74) is 1.25. The normalized spacial score (nSPS) is 25.1. The molecule has 5 nitrogen and oxygen atoms in total. The highest BCUT2D eigenvalue weighted by molar-refractivity contribution is 5.14. The molecule has 2 unspecified atom stereocenters. The number of nitrogens with one attached hydrogen (secondary N) is 1. The van der Waals surface area contributed by atoms with Crippen molar-refractivity contribution >= 4 is 0 Å². The lowest BCUT2D eigenvalue weighted by Crippen LogP contribution is -2.47. The maximum atomic E-state index is 5.95. The predicted molar refractivity (Wildman–Crippen MR) is 76.3 cm³/mol. The quantitative estimate of drug-likeness (QED) is 0.876. The summed E-state index contributed by atoms with van der Waals surface area (Å²) in [4.78, 5) is 2.37. The van der Waals surface area contributed by atoms with Gasteiger partial charge in [-0.25, -0.2) is 0 Å². The molecule has 1 N–H and O–H groups in total. The molecule has 2 atom stereocenters. The fourth-order valence-corrected chi connectivity index (χ4v) is 2.58. The Morgan fingerprint density at radius 3 is 2.95 bits per heavy atom. The molecule has 19 heavy (non-hydrogen) atoms. The third-order valence-corrected chi connectivity index (χ3v) is 3.69. The van der Waals surface area contributed by atoms with E-state index in [0.29, 0.717) is 12.1 Å². The minimum absolute atomic E-state index is 0.198. The van der Waals surface area contributed by atoms with Crippen molar-refractivity contribution in [2.45, 2.75) is 39.0 Å². The summed E-state index contributed by atoms with van der Waals surface area (Å²) in [6.45, 7) is 10.1. The van der Waals surface area contributed by atoms with Gasteiger partial charge in [-0.05, 0) is 27.4 Å². The van der Waals surface area contributed by atoms with Crippen molar-refractivity contribution in [1.82, 2.24) is 20.0 Å². The Morgan fingerprint density at radius 2 is 2.32 bits per heavy atom. The fraction of sp³-hybridized carbons (Fsp3) is 0.786. The highest BCUT2D eigenvalue weighted by atomic mass is 16.5. The van der Waals surface area contributed by atoms with E-state index in [2.05, 4.69) is 49.3 Å². The summed E-state index contributed by atoms with van der Waals surface area (Å²) in [5, 5.41) is 7.84. The Balaban J connectivity index is 2.15.